The van der Waals surface area contributed by atoms with E-state index in [2.05, 4.69) is 11.6 Å². The maximum Gasteiger partial charge on any atom is 0.321 e. The van der Waals surface area contributed by atoms with Gasteiger partial charge in [-0.1, -0.05) is 19.8 Å². The number of aliphatic carboxylic acids is 1. The molecule has 0 unspecified atom stereocenters. The second-order valence-corrected chi connectivity index (χ2v) is 6.42. The number of ether oxygens (including phenoxy) is 1. The van der Waals surface area contributed by atoms with Crippen LogP contribution in [0, 0.1) is 0 Å². The van der Waals surface area contributed by atoms with E-state index in [4.69, 9.17) is 9.84 Å². The second-order valence-electron chi connectivity index (χ2n) is 4.71. The maximum atomic E-state index is 11.9. The van der Waals surface area contributed by atoms with Gasteiger partial charge in [0.15, 0.2) is 0 Å². The van der Waals surface area contributed by atoms with Crippen molar-refractivity contribution < 1.29 is 23.1 Å². The molecule has 0 spiro atoms. The summed E-state index contributed by atoms with van der Waals surface area (Å²) in [5, 5.41) is 8.73. The summed E-state index contributed by atoms with van der Waals surface area (Å²) in [5.74, 6) is -0.634. The number of carboxylic acid groups (broad SMARTS) is 1. The number of carbonyl (C=O) groups is 1. The summed E-state index contributed by atoms with van der Waals surface area (Å²) in [4.78, 5) is 10.7. The molecule has 0 heterocycles. The number of rotatable bonds is 9. The Morgan fingerprint density at radius 1 is 1.29 bits per heavy atom. The Bertz CT molecular complexity index is 553. The monoisotopic (exact) mass is 315 g/mol. The van der Waals surface area contributed by atoms with Gasteiger partial charge < -0.3 is 9.84 Å². The van der Waals surface area contributed by atoms with E-state index in [1.165, 1.54) is 19.1 Å². The van der Waals surface area contributed by atoms with Gasteiger partial charge >= 0.3 is 5.97 Å². The minimum Gasteiger partial charge on any atom is -0.494 e. The van der Waals surface area contributed by atoms with Gasteiger partial charge in [-0.05, 0) is 37.6 Å². The first-order valence-electron chi connectivity index (χ1n) is 6.85. The van der Waals surface area contributed by atoms with Gasteiger partial charge in [0.25, 0.3) is 0 Å². The van der Waals surface area contributed by atoms with Crippen LogP contribution >= 0.6 is 0 Å². The summed E-state index contributed by atoms with van der Waals surface area (Å²) in [7, 11) is -3.84. The third kappa shape index (κ3) is 5.73. The number of unbranched alkanes of at least 4 members (excludes halogenated alkanes) is 2. The van der Waals surface area contributed by atoms with Crippen molar-refractivity contribution in [3.63, 3.8) is 0 Å². The van der Waals surface area contributed by atoms with Crippen molar-refractivity contribution in [2.75, 3.05) is 6.61 Å². The van der Waals surface area contributed by atoms with Gasteiger partial charge in [0.05, 0.1) is 11.5 Å². The van der Waals surface area contributed by atoms with Crippen molar-refractivity contribution in [2.45, 2.75) is 44.0 Å². The Balaban J connectivity index is 2.66. The summed E-state index contributed by atoms with van der Waals surface area (Å²) in [6.45, 7) is 3.96. The molecule has 0 aliphatic rings. The lowest BCUT2D eigenvalue weighted by Gasteiger charge is -2.11. The molecule has 0 amide bonds. The van der Waals surface area contributed by atoms with Crippen molar-refractivity contribution in [1.82, 2.24) is 4.72 Å². The lowest BCUT2D eigenvalue weighted by atomic mass is 10.3. The molecule has 0 aromatic heterocycles. The first kappa shape index (κ1) is 17.5. The highest BCUT2D eigenvalue weighted by Gasteiger charge is 2.21. The number of hydrogen-bond donors (Lipinski definition) is 2. The molecule has 0 saturated carbocycles. The lowest BCUT2D eigenvalue weighted by Crippen LogP contribution is -2.38. The van der Waals surface area contributed by atoms with Gasteiger partial charge in [-0.2, -0.15) is 4.72 Å². The van der Waals surface area contributed by atoms with E-state index in [0.717, 1.165) is 19.3 Å². The Labute approximate surface area is 125 Å². The van der Waals surface area contributed by atoms with Crippen LogP contribution in [0.4, 0.5) is 0 Å². The third-order valence-electron chi connectivity index (χ3n) is 2.85. The largest absolute Gasteiger partial charge is 0.494 e. The summed E-state index contributed by atoms with van der Waals surface area (Å²) in [6, 6.07) is 4.73. The minimum atomic E-state index is -3.84. The predicted octanol–water partition coefficient (Wildman–Crippen LogP) is 2.01. The molecule has 118 valence electrons. The zero-order chi connectivity index (χ0) is 15.9. The summed E-state index contributed by atoms with van der Waals surface area (Å²) in [5.41, 5.74) is 0. The highest BCUT2D eigenvalue weighted by atomic mass is 32.2. The smallest absolute Gasteiger partial charge is 0.321 e. The van der Waals surface area contributed by atoms with Crippen LogP contribution in [0.1, 0.15) is 33.1 Å². The minimum absolute atomic E-state index is 0.0107. The molecule has 1 rings (SSSR count). The van der Waals surface area contributed by atoms with Crippen LogP contribution in [-0.4, -0.2) is 32.1 Å². The lowest BCUT2D eigenvalue weighted by molar-refractivity contribution is -0.138. The van der Waals surface area contributed by atoms with E-state index < -0.39 is 22.0 Å². The van der Waals surface area contributed by atoms with Crippen LogP contribution in [0.15, 0.2) is 29.2 Å². The van der Waals surface area contributed by atoms with Crippen LogP contribution in [0.2, 0.25) is 0 Å². The van der Waals surface area contributed by atoms with Crippen molar-refractivity contribution >= 4 is 16.0 Å². The fourth-order valence-electron chi connectivity index (χ4n) is 1.61. The molecule has 21 heavy (non-hydrogen) atoms. The molecule has 6 nitrogen and oxygen atoms in total. The van der Waals surface area contributed by atoms with Crippen LogP contribution in [0.3, 0.4) is 0 Å². The van der Waals surface area contributed by atoms with E-state index in [1.54, 1.807) is 12.1 Å². The van der Waals surface area contributed by atoms with Crippen molar-refractivity contribution in [3.05, 3.63) is 24.3 Å². The van der Waals surface area contributed by atoms with Gasteiger partial charge in [0.2, 0.25) is 10.0 Å². The number of carboxylic acids is 1. The molecule has 0 radical (unpaired) electrons. The van der Waals surface area contributed by atoms with E-state index in [0.29, 0.717) is 12.4 Å². The average Bonchev–Trinajstić information content (AvgIpc) is 2.43. The summed E-state index contributed by atoms with van der Waals surface area (Å²) < 4.78 is 31.5. The predicted molar refractivity (Wildman–Crippen MR) is 78.9 cm³/mol. The van der Waals surface area contributed by atoms with E-state index in [1.807, 2.05) is 0 Å². The van der Waals surface area contributed by atoms with E-state index >= 15 is 0 Å². The Morgan fingerprint density at radius 3 is 2.43 bits per heavy atom. The van der Waals surface area contributed by atoms with Gasteiger partial charge in [-0.3, -0.25) is 4.79 Å². The SMILES string of the molecule is CCCCCOc1ccc(S(=O)(=O)N[C@H](C)C(=O)O)cc1. The van der Waals surface area contributed by atoms with Gasteiger partial charge in [0.1, 0.15) is 11.8 Å². The first-order chi connectivity index (χ1) is 9.86. The molecule has 0 fully saturated rings. The average molecular weight is 315 g/mol. The molecule has 1 aromatic carbocycles. The molecule has 0 bridgehead atoms. The van der Waals surface area contributed by atoms with E-state index in [9.17, 15) is 13.2 Å². The highest BCUT2D eigenvalue weighted by molar-refractivity contribution is 7.89. The fraction of sp³-hybridized carbons (Fsp3) is 0.500. The summed E-state index contributed by atoms with van der Waals surface area (Å²) >= 11 is 0. The molecule has 1 aromatic rings. The molecular formula is C14H21NO5S. The second kappa shape index (κ2) is 7.99. The zero-order valence-electron chi connectivity index (χ0n) is 12.2. The van der Waals surface area contributed by atoms with Crippen LogP contribution in [0.5, 0.6) is 5.75 Å². The standard InChI is InChI=1S/C14H21NO5S/c1-3-4-5-10-20-12-6-8-13(9-7-12)21(18,19)15-11(2)14(16)17/h6-9,11,15H,3-5,10H2,1-2H3,(H,16,17)/t11-/m1/s1. The van der Waals surface area contributed by atoms with Gasteiger partial charge in [-0.25, -0.2) is 8.42 Å². The van der Waals surface area contributed by atoms with Crippen LogP contribution in [0.25, 0.3) is 0 Å². The molecule has 7 heteroatoms. The maximum absolute atomic E-state index is 11.9. The number of benzene rings is 1. The fourth-order valence-corrected chi connectivity index (χ4v) is 2.81. The molecule has 1 atom stereocenters. The van der Waals surface area contributed by atoms with Gasteiger partial charge in [0, 0.05) is 0 Å². The highest BCUT2D eigenvalue weighted by Crippen LogP contribution is 2.16. The third-order valence-corrected chi connectivity index (χ3v) is 4.41. The quantitative estimate of drug-likeness (QED) is 0.680. The number of hydrogen-bond acceptors (Lipinski definition) is 4. The van der Waals surface area contributed by atoms with Crippen molar-refractivity contribution in [2.24, 2.45) is 0 Å². The van der Waals surface area contributed by atoms with Crippen molar-refractivity contribution in [1.29, 1.82) is 0 Å². The van der Waals surface area contributed by atoms with Crippen molar-refractivity contribution in [3.8, 4) is 5.75 Å². The zero-order valence-corrected chi connectivity index (χ0v) is 13.0. The number of sulfonamides is 1. The topological polar surface area (TPSA) is 92.7 Å². The molecule has 2 N–H and O–H groups in total. The number of nitrogens with one attached hydrogen (secondary N) is 1. The molecule has 0 aliphatic heterocycles. The first-order valence-corrected chi connectivity index (χ1v) is 8.33. The Hall–Kier alpha value is -1.60. The van der Waals surface area contributed by atoms with E-state index in [-0.39, 0.29) is 4.90 Å². The summed E-state index contributed by atoms with van der Waals surface area (Å²) in [6.07, 6.45) is 3.14. The Morgan fingerprint density at radius 2 is 1.90 bits per heavy atom. The molecular weight excluding hydrogens is 294 g/mol. The van der Waals surface area contributed by atoms with Crippen LogP contribution in [-0.2, 0) is 14.8 Å². The normalized spacial score (nSPS) is 12.9. The molecule has 0 aliphatic carbocycles. The van der Waals surface area contributed by atoms with Crippen LogP contribution < -0.4 is 9.46 Å². The Kier molecular flexibility index (Phi) is 6.64. The molecule has 0 saturated heterocycles. The van der Waals surface area contributed by atoms with Gasteiger partial charge in [-0.15, -0.1) is 0 Å².